The second kappa shape index (κ2) is 6.37. The maximum Gasteiger partial charge on any atom is 0.307 e. The zero-order valence-electron chi connectivity index (χ0n) is 12.8. The lowest BCUT2D eigenvalue weighted by Crippen LogP contribution is -2.49. The van der Waals surface area contributed by atoms with Gasteiger partial charge in [-0.25, -0.2) is 0 Å². The van der Waals surface area contributed by atoms with Gasteiger partial charge in [-0.05, 0) is 32.1 Å². The quantitative estimate of drug-likeness (QED) is 0.866. The number of carboxylic acid groups (broad SMARTS) is 1. The molecule has 0 unspecified atom stereocenters. The molecular weight excluding hydrogens is 266 g/mol. The minimum atomic E-state index is -0.791. The van der Waals surface area contributed by atoms with E-state index in [4.69, 9.17) is 5.11 Å². The Balaban J connectivity index is 1.71. The largest absolute Gasteiger partial charge is 0.481 e. The van der Waals surface area contributed by atoms with Gasteiger partial charge in [-0.3, -0.25) is 9.59 Å². The summed E-state index contributed by atoms with van der Waals surface area (Å²) in [6.07, 6.45) is 12.5. The van der Waals surface area contributed by atoms with Gasteiger partial charge in [0.15, 0.2) is 0 Å². The van der Waals surface area contributed by atoms with Gasteiger partial charge < -0.3 is 10.0 Å². The first-order valence-corrected chi connectivity index (χ1v) is 8.73. The van der Waals surface area contributed by atoms with Gasteiger partial charge in [0.1, 0.15) is 0 Å². The molecule has 0 aromatic heterocycles. The average Bonchev–Trinajstić information content (AvgIpc) is 3.30. The van der Waals surface area contributed by atoms with Crippen molar-refractivity contribution in [1.82, 2.24) is 4.90 Å². The minimum absolute atomic E-state index is 0.154. The summed E-state index contributed by atoms with van der Waals surface area (Å²) in [5.41, 5.74) is 0. The molecule has 4 heteroatoms. The summed E-state index contributed by atoms with van der Waals surface area (Å²) in [7, 11) is 0. The number of carboxylic acids is 1. The van der Waals surface area contributed by atoms with E-state index in [9.17, 15) is 9.59 Å². The van der Waals surface area contributed by atoms with Gasteiger partial charge in [0.25, 0.3) is 0 Å². The molecule has 2 atom stereocenters. The van der Waals surface area contributed by atoms with E-state index in [1.807, 2.05) is 0 Å². The molecule has 0 radical (unpaired) electrons. The first-order valence-electron chi connectivity index (χ1n) is 8.73. The highest BCUT2D eigenvalue weighted by Gasteiger charge is 2.51. The van der Waals surface area contributed by atoms with Crippen LogP contribution in [0.5, 0.6) is 0 Å². The molecule has 3 aliphatic rings. The third-order valence-electron chi connectivity index (χ3n) is 5.62. The predicted molar refractivity (Wildman–Crippen MR) is 79.8 cm³/mol. The molecule has 0 aliphatic heterocycles. The molecule has 118 valence electrons. The Bertz CT molecular complexity index is 379. The van der Waals surface area contributed by atoms with Crippen molar-refractivity contribution in [3.05, 3.63) is 0 Å². The fraction of sp³-hybridized carbons (Fsp3) is 0.882. The first-order chi connectivity index (χ1) is 10.2. The van der Waals surface area contributed by atoms with Crippen molar-refractivity contribution in [1.29, 1.82) is 0 Å². The van der Waals surface area contributed by atoms with Gasteiger partial charge >= 0.3 is 5.97 Å². The summed E-state index contributed by atoms with van der Waals surface area (Å²) in [4.78, 5) is 26.1. The van der Waals surface area contributed by atoms with E-state index in [1.165, 1.54) is 38.5 Å². The Kier molecular flexibility index (Phi) is 4.51. The number of hydrogen-bond acceptors (Lipinski definition) is 2. The number of carbonyl (C=O) groups is 2. The summed E-state index contributed by atoms with van der Waals surface area (Å²) < 4.78 is 0. The van der Waals surface area contributed by atoms with Crippen molar-refractivity contribution in [2.45, 2.75) is 82.7 Å². The molecule has 0 heterocycles. The van der Waals surface area contributed by atoms with E-state index in [0.29, 0.717) is 18.5 Å². The van der Waals surface area contributed by atoms with E-state index in [1.54, 1.807) is 0 Å². The Morgan fingerprint density at radius 1 is 0.762 bits per heavy atom. The Hall–Kier alpha value is -1.06. The molecule has 0 spiro atoms. The molecule has 21 heavy (non-hydrogen) atoms. The van der Waals surface area contributed by atoms with Gasteiger partial charge in [0.2, 0.25) is 5.91 Å². The first kappa shape index (κ1) is 14.9. The Labute approximate surface area is 126 Å². The molecule has 1 N–H and O–H groups in total. The summed E-state index contributed by atoms with van der Waals surface area (Å²) in [6, 6.07) is 0.758. The SMILES string of the molecule is O=C(O)[C@H]1C[C@H]1C(=O)N(C1CCCCC1)C1CCCCC1. The molecule has 3 fully saturated rings. The normalized spacial score (nSPS) is 30.9. The van der Waals surface area contributed by atoms with E-state index in [0.717, 1.165) is 25.7 Å². The van der Waals surface area contributed by atoms with Gasteiger partial charge in [-0.2, -0.15) is 0 Å². The highest BCUT2D eigenvalue weighted by molar-refractivity contribution is 5.89. The van der Waals surface area contributed by atoms with Gasteiger partial charge in [-0.1, -0.05) is 38.5 Å². The fourth-order valence-corrected chi connectivity index (χ4v) is 4.31. The summed E-state index contributed by atoms with van der Waals surface area (Å²) in [5, 5.41) is 9.10. The van der Waals surface area contributed by atoms with Crippen molar-refractivity contribution < 1.29 is 14.7 Å². The zero-order valence-corrected chi connectivity index (χ0v) is 12.8. The minimum Gasteiger partial charge on any atom is -0.481 e. The fourth-order valence-electron chi connectivity index (χ4n) is 4.31. The van der Waals surface area contributed by atoms with Crippen molar-refractivity contribution >= 4 is 11.9 Å². The molecule has 0 aromatic carbocycles. The van der Waals surface area contributed by atoms with E-state index < -0.39 is 11.9 Å². The number of aliphatic carboxylic acids is 1. The maximum absolute atomic E-state index is 12.9. The number of amides is 1. The van der Waals surface area contributed by atoms with Crippen molar-refractivity contribution in [2.24, 2.45) is 11.8 Å². The molecule has 3 rings (SSSR count). The molecule has 0 bridgehead atoms. The monoisotopic (exact) mass is 293 g/mol. The van der Waals surface area contributed by atoms with Crippen molar-refractivity contribution in [3.8, 4) is 0 Å². The van der Waals surface area contributed by atoms with Crippen LogP contribution in [0.1, 0.15) is 70.6 Å². The zero-order chi connectivity index (χ0) is 14.8. The second-order valence-electron chi connectivity index (χ2n) is 7.12. The van der Waals surface area contributed by atoms with Crippen molar-refractivity contribution in [2.75, 3.05) is 0 Å². The number of carbonyl (C=O) groups excluding carboxylic acids is 1. The summed E-state index contributed by atoms with van der Waals surface area (Å²) in [6.45, 7) is 0. The highest BCUT2D eigenvalue weighted by Crippen LogP contribution is 2.42. The molecule has 0 saturated heterocycles. The van der Waals surface area contributed by atoms with Crippen LogP contribution in [0.3, 0.4) is 0 Å². The summed E-state index contributed by atoms with van der Waals surface area (Å²) >= 11 is 0. The average molecular weight is 293 g/mol. The molecule has 3 saturated carbocycles. The Morgan fingerprint density at radius 2 is 1.24 bits per heavy atom. The lowest BCUT2D eigenvalue weighted by Gasteiger charge is -2.42. The molecule has 0 aromatic rings. The van der Waals surface area contributed by atoms with E-state index in [-0.39, 0.29) is 11.8 Å². The Morgan fingerprint density at radius 3 is 1.62 bits per heavy atom. The third-order valence-corrected chi connectivity index (χ3v) is 5.62. The topological polar surface area (TPSA) is 57.6 Å². The molecule has 4 nitrogen and oxygen atoms in total. The van der Waals surface area contributed by atoms with Crippen LogP contribution in [-0.2, 0) is 9.59 Å². The highest BCUT2D eigenvalue weighted by atomic mass is 16.4. The standard InChI is InChI=1S/C17H27NO3/c19-16(14-11-15(14)17(20)21)18(12-7-3-1-4-8-12)13-9-5-2-6-10-13/h12-15H,1-11H2,(H,20,21)/t14-,15+/m1/s1. The molecule has 3 aliphatic carbocycles. The van der Waals surface area contributed by atoms with Crippen LogP contribution in [0.25, 0.3) is 0 Å². The number of hydrogen-bond donors (Lipinski definition) is 1. The third kappa shape index (κ3) is 3.24. The van der Waals surface area contributed by atoms with E-state index in [2.05, 4.69) is 4.90 Å². The van der Waals surface area contributed by atoms with Crippen LogP contribution in [0.4, 0.5) is 0 Å². The lowest BCUT2D eigenvalue weighted by atomic mass is 9.88. The summed E-state index contributed by atoms with van der Waals surface area (Å²) in [5.74, 6) is -1.28. The van der Waals surface area contributed by atoms with Gasteiger partial charge in [0.05, 0.1) is 11.8 Å². The van der Waals surface area contributed by atoms with Crippen LogP contribution in [-0.4, -0.2) is 34.0 Å². The van der Waals surface area contributed by atoms with Crippen LogP contribution in [0.15, 0.2) is 0 Å². The number of nitrogens with zero attached hydrogens (tertiary/aromatic N) is 1. The van der Waals surface area contributed by atoms with Crippen molar-refractivity contribution in [3.63, 3.8) is 0 Å². The predicted octanol–water partition coefficient (Wildman–Crippen LogP) is 3.20. The second-order valence-corrected chi connectivity index (χ2v) is 7.12. The molecular formula is C17H27NO3. The van der Waals surface area contributed by atoms with E-state index >= 15 is 0 Å². The van der Waals surface area contributed by atoms with Crippen LogP contribution in [0.2, 0.25) is 0 Å². The molecule has 1 amide bonds. The van der Waals surface area contributed by atoms with Gasteiger partial charge in [-0.15, -0.1) is 0 Å². The van der Waals surface area contributed by atoms with Gasteiger partial charge in [0, 0.05) is 12.1 Å². The maximum atomic E-state index is 12.9. The van der Waals surface area contributed by atoms with Crippen LogP contribution < -0.4 is 0 Å². The van der Waals surface area contributed by atoms with Crippen LogP contribution >= 0.6 is 0 Å². The lowest BCUT2D eigenvalue weighted by molar-refractivity contribution is -0.144. The van der Waals surface area contributed by atoms with Crippen LogP contribution in [0, 0.1) is 11.8 Å². The number of rotatable bonds is 4. The smallest absolute Gasteiger partial charge is 0.307 e.